The van der Waals surface area contributed by atoms with E-state index in [1.165, 1.54) is 4.90 Å². The van der Waals surface area contributed by atoms with Gasteiger partial charge in [0.2, 0.25) is 0 Å². The summed E-state index contributed by atoms with van der Waals surface area (Å²) in [5, 5.41) is 0. The summed E-state index contributed by atoms with van der Waals surface area (Å²) < 4.78 is 5.42. The molecule has 3 rings (SSSR count). The van der Waals surface area contributed by atoms with Gasteiger partial charge in [-0.2, -0.15) is 0 Å². The number of H-pyrrole nitrogens is 1. The zero-order valence-corrected chi connectivity index (χ0v) is 16.2. The highest BCUT2D eigenvalue weighted by Gasteiger charge is 2.21. The molecule has 1 aromatic heterocycles. The summed E-state index contributed by atoms with van der Waals surface area (Å²) in [4.78, 5) is 21.9. The number of carbonyl (C=O) groups excluding carboxylic acids is 1. The number of benzene rings is 2. The number of aromatic nitrogens is 2. The van der Waals surface area contributed by atoms with Crippen molar-refractivity contribution < 1.29 is 9.53 Å². The van der Waals surface area contributed by atoms with Gasteiger partial charge in [0, 0.05) is 18.2 Å². The number of carbonyl (C=O) groups is 1. The molecule has 5 heteroatoms. The summed E-state index contributed by atoms with van der Waals surface area (Å²) in [6.07, 6.45) is -0.374. The van der Waals surface area contributed by atoms with Gasteiger partial charge < -0.3 is 14.6 Å². The van der Waals surface area contributed by atoms with Crippen LogP contribution in [0.25, 0.3) is 22.5 Å². The van der Waals surface area contributed by atoms with Crippen molar-refractivity contribution in [2.24, 2.45) is 0 Å². The maximum absolute atomic E-state index is 12.3. The second kappa shape index (κ2) is 7.66. The van der Waals surface area contributed by atoms with Crippen LogP contribution in [0.3, 0.4) is 0 Å². The van der Waals surface area contributed by atoms with E-state index in [0.717, 1.165) is 22.5 Å². The van der Waals surface area contributed by atoms with Crippen molar-refractivity contribution in [3.05, 3.63) is 66.5 Å². The van der Waals surface area contributed by atoms with E-state index < -0.39 is 5.60 Å². The molecule has 0 aliphatic heterocycles. The van der Waals surface area contributed by atoms with Crippen LogP contribution in [-0.2, 0) is 11.3 Å². The van der Waals surface area contributed by atoms with Crippen molar-refractivity contribution in [2.45, 2.75) is 32.9 Å². The van der Waals surface area contributed by atoms with Crippen molar-refractivity contribution in [2.75, 3.05) is 7.05 Å². The molecule has 3 aromatic rings. The molecule has 0 saturated heterocycles. The van der Waals surface area contributed by atoms with Crippen molar-refractivity contribution in [1.82, 2.24) is 14.9 Å². The minimum absolute atomic E-state index is 0.335. The Labute approximate surface area is 160 Å². The van der Waals surface area contributed by atoms with Crippen molar-refractivity contribution in [1.29, 1.82) is 0 Å². The summed E-state index contributed by atoms with van der Waals surface area (Å²) in [5.41, 5.74) is 3.36. The Kier molecular flexibility index (Phi) is 5.31. The zero-order chi connectivity index (χ0) is 19.4. The molecule has 0 fully saturated rings. The molecule has 1 N–H and O–H groups in total. The van der Waals surface area contributed by atoms with Gasteiger partial charge in [0.1, 0.15) is 11.4 Å². The number of ether oxygens (including phenoxy) is 1. The summed E-state index contributed by atoms with van der Waals surface area (Å²) >= 11 is 0. The van der Waals surface area contributed by atoms with E-state index in [1.807, 2.05) is 81.4 Å². The molecule has 5 nitrogen and oxygen atoms in total. The predicted molar refractivity (Wildman–Crippen MR) is 107 cm³/mol. The number of nitrogens with one attached hydrogen (secondary N) is 1. The predicted octanol–water partition coefficient (Wildman–Crippen LogP) is 5.11. The van der Waals surface area contributed by atoms with Crippen LogP contribution in [0.2, 0.25) is 0 Å². The highest BCUT2D eigenvalue weighted by Crippen LogP contribution is 2.30. The summed E-state index contributed by atoms with van der Waals surface area (Å²) in [6, 6.07) is 20.1. The molecule has 0 saturated carbocycles. The van der Waals surface area contributed by atoms with Crippen LogP contribution >= 0.6 is 0 Å². The quantitative estimate of drug-likeness (QED) is 0.701. The summed E-state index contributed by atoms with van der Waals surface area (Å²) in [7, 11) is 1.71. The maximum Gasteiger partial charge on any atom is 0.410 e. The van der Waals surface area contributed by atoms with E-state index >= 15 is 0 Å². The van der Waals surface area contributed by atoms with Gasteiger partial charge in [-0.25, -0.2) is 9.78 Å². The van der Waals surface area contributed by atoms with E-state index in [2.05, 4.69) is 4.98 Å². The van der Waals surface area contributed by atoms with Crippen molar-refractivity contribution in [3.8, 4) is 22.5 Å². The summed E-state index contributed by atoms with van der Waals surface area (Å²) in [6.45, 7) is 5.90. The van der Waals surface area contributed by atoms with Crippen molar-refractivity contribution >= 4 is 6.09 Å². The third-order valence-electron chi connectivity index (χ3n) is 3.95. The van der Waals surface area contributed by atoms with Gasteiger partial charge in [-0.1, -0.05) is 60.7 Å². The van der Waals surface area contributed by atoms with Crippen LogP contribution in [-0.4, -0.2) is 33.6 Å². The normalized spacial score (nSPS) is 11.3. The van der Waals surface area contributed by atoms with Gasteiger partial charge in [0.05, 0.1) is 17.9 Å². The van der Waals surface area contributed by atoms with Gasteiger partial charge in [-0.3, -0.25) is 0 Å². The van der Waals surface area contributed by atoms with Gasteiger partial charge in [-0.05, 0) is 20.8 Å². The Hall–Kier alpha value is -3.08. The SMILES string of the molecule is CN(Cc1nc(-c2ccccc2)c(-c2ccccc2)[nH]1)C(=O)OC(C)(C)C. The van der Waals surface area contributed by atoms with E-state index in [-0.39, 0.29) is 6.09 Å². The van der Waals surface area contributed by atoms with Crippen LogP contribution in [0, 0.1) is 0 Å². The first-order chi connectivity index (χ1) is 12.8. The third kappa shape index (κ3) is 4.76. The van der Waals surface area contributed by atoms with Crippen LogP contribution in [0.15, 0.2) is 60.7 Å². The Morgan fingerprint density at radius 3 is 2.11 bits per heavy atom. The molecule has 27 heavy (non-hydrogen) atoms. The first kappa shape index (κ1) is 18.7. The first-order valence-corrected chi connectivity index (χ1v) is 8.97. The lowest BCUT2D eigenvalue weighted by Crippen LogP contribution is -2.34. The van der Waals surface area contributed by atoms with Gasteiger partial charge >= 0.3 is 6.09 Å². The van der Waals surface area contributed by atoms with E-state index in [4.69, 9.17) is 9.72 Å². The molecule has 0 aliphatic carbocycles. The second-order valence-corrected chi connectivity index (χ2v) is 7.48. The van der Waals surface area contributed by atoms with E-state index in [0.29, 0.717) is 12.4 Å². The average Bonchev–Trinajstić information content (AvgIpc) is 3.05. The lowest BCUT2D eigenvalue weighted by molar-refractivity contribution is 0.0281. The maximum atomic E-state index is 12.3. The number of hydrogen-bond acceptors (Lipinski definition) is 3. The molecular formula is C22H25N3O2. The zero-order valence-electron chi connectivity index (χ0n) is 16.2. The molecule has 1 heterocycles. The molecule has 0 unspecified atom stereocenters. The first-order valence-electron chi connectivity index (χ1n) is 8.97. The van der Waals surface area contributed by atoms with Crippen LogP contribution in [0.4, 0.5) is 4.79 Å². The fourth-order valence-electron chi connectivity index (χ4n) is 2.74. The highest BCUT2D eigenvalue weighted by molar-refractivity contribution is 5.78. The van der Waals surface area contributed by atoms with Gasteiger partial charge in [-0.15, -0.1) is 0 Å². The molecule has 0 aliphatic rings. The molecule has 2 aromatic carbocycles. The molecule has 140 valence electrons. The number of aromatic amines is 1. The number of imidazole rings is 1. The van der Waals surface area contributed by atoms with Crippen LogP contribution in [0.5, 0.6) is 0 Å². The minimum atomic E-state index is -0.529. The topological polar surface area (TPSA) is 58.2 Å². The highest BCUT2D eigenvalue weighted by atomic mass is 16.6. The molecule has 0 spiro atoms. The third-order valence-corrected chi connectivity index (χ3v) is 3.95. The fourth-order valence-corrected chi connectivity index (χ4v) is 2.74. The van der Waals surface area contributed by atoms with E-state index in [9.17, 15) is 4.79 Å². The number of rotatable bonds is 4. The monoisotopic (exact) mass is 363 g/mol. The second-order valence-electron chi connectivity index (χ2n) is 7.48. The number of amides is 1. The van der Waals surface area contributed by atoms with Crippen molar-refractivity contribution in [3.63, 3.8) is 0 Å². The number of hydrogen-bond donors (Lipinski definition) is 1. The number of nitrogens with zero attached hydrogens (tertiary/aromatic N) is 2. The molecule has 0 radical (unpaired) electrons. The molecule has 0 atom stereocenters. The average molecular weight is 363 g/mol. The lowest BCUT2D eigenvalue weighted by atomic mass is 10.1. The molecule has 1 amide bonds. The van der Waals surface area contributed by atoms with Gasteiger partial charge in [0.25, 0.3) is 0 Å². The smallest absolute Gasteiger partial charge is 0.410 e. The largest absolute Gasteiger partial charge is 0.444 e. The molecular weight excluding hydrogens is 338 g/mol. The Balaban J connectivity index is 1.91. The van der Waals surface area contributed by atoms with Crippen LogP contribution < -0.4 is 0 Å². The Morgan fingerprint density at radius 1 is 1.00 bits per heavy atom. The van der Waals surface area contributed by atoms with Crippen LogP contribution in [0.1, 0.15) is 26.6 Å². The summed E-state index contributed by atoms with van der Waals surface area (Å²) in [5.74, 6) is 0.709. The minimum Gasteiger partial charge on any atom is -0.444 e. The lowest BCUT2D eigenvalue weighted by Gasteiger charge is -2.24. The van der Waals surface area contributed by atoms with E-state index in [1.54, 1.807) is 7.05 Å². The standard InChI is InChI=1S/C22H25N3O2/c1-22(2,3)27-21(26)25(4)15-18-23-19(16-11-7-5-8-12-16)20(24-18)17-13-9-6-10-14-17/h5-14H,15H2,1-4H3,(H,23,24). The molecule has 0 bridgehead atoms. The Bertz CT molecular complexity index is 839. The Morgan fingerprint density at radius 2 is 1.56 bits per heavy atom. The van der Waals surface area contributed by atoms with Gasteiger partial charge in [0.15, 0.2) is 0 Å². The fraction of sp³-hybridized carbons (Fsp3) is 0.273.